The SMILES string of the molecule is CC1OC(O[C@H]2\C=C/C=C\C=C/C=C\C=C/C=C\C=C/[C@H](C)[C@@H](O)[C@@H](C)[C@H](C)OC(=O)C[C@H](O)C[C@H](O)CC[C@@H](O)[C@H](O)C[C@H](O)C[C@]3(O)CCC(C(=O)O)[C@H](C2)O3)C(O)C(N)C1O. The summed E-state index contributed by atoms with van der Waals surface area (Å²) < 4.78 is 23.3. The molecule has 3 aliphatic heterocycles. The zero-order chi connectivity index (χ0) is 47.6. The molecule has 2 fully saturated rings. The molecular weight excluding hydrogens is 835 g/mol. The Morgan fingerprint density at radius 2 is 1.27 bits per heavy atom. The third-order valence-electron chi connectivity index (χ3n) is 12.0. The maximum Gasteiger partial charge on any atom is 0.309 e. The third-order valence-corrected chi connectivity index (χ3v) is 12.0. The highest BCUT2D eigenvalue weighted by Crippen LogP contribution is 2.38. The van der Waals surface area contributed by atoms with Gasteiger partial charge in [-0.25, -0.2) is 0 Å². The van der Waals surface area contributed by atoms with Crippen LogP contribution in [0.4, 0.5) is 0 Å². The average Bonchev–Trinajstić information content (AvgIpc) is 3.22. The van der Waals surface area contributed by atoms with Crippen molar-refractivity contribution in [1.82, 2.24) is 0 Å². The summed E-state index contributed by atoms with van der Waals surface area (Å²) in [5.74, 6) is -5.78. The molecule has 17 heteroatoms. The minimum atomic E-state index is -2.05. The Balaban J connectivity index is 1.83. The molecule has 18 atom stereocenters. The number of aliphatic hydroxyl groups is 9. The van der Waals surface area contributed by atoms with Gasteiger partial charge in [0.1, 0.15) is 12.2 Å². The van der Waals surface area contributed by atoms with Crippen molar-refractivity contribution in [1.29, 1.82) is 0 Å². The summed E-state index contributed by atoms with van der Waals surface area (Å²) in [5.41, 5.74) is 6.03. The van der Waals surface area contributed by atoms with E-state index in [0.29, 0.717) is 0 Å². The van der Waals surface area contributed by atoms with Crippen LogP contribution >= 0.6 is 0 Å². The molecular formula is C47H73NO16. The van der Waals surface area contributed by atoms with Crippen molar-refractivity contribution in [3.8, 4) is 0 Å². The molecule has 0 saturated carbocycles. The maximum atomic E-state index is 12.6. The zero-order valence-corrected chi connectivity index (χ0v) is 37.3. The first kappa shape index (κ1) is 54.9. The Morgan fingerprint density at radius 3 is 1.86 bits per heavy atom. The molecule has 64 heavy (non-hydrogen) atoms. The van der Waals surface area contributed by atoms with Crippen LogP contribution in [-0.4, -0.2) is 154 Å². The summed E-state index contributed by atoms with van der Waals surface area (Å²) in [7, 11) is 0. The number of hydrogen-bond donors (Lipinski definition) is 11. The number of hydrogen-bond acceptors (Lipinski definition) is 16. The van der Waals surface area contributed by atoms with Crippen molar-refractivity contribution in [2.75, 3.05) is 0 Å². The van der Waals surface area contributed by atoms with E-state index in [1.165, 1.54) is 0 Å². The fourth-order valence-corrected chi connectivity index (χ4v) is 7.85. The highest BCUT2D eigenvalue weighted by atomic mass is 16.7. The molecule has 6 unspecified atom stereocenters. The lowest BCUT2D eigenvalue weighted by atomic mass is 9.85. The summed E-state index contributed by atoms with van der Waals surface area (Å²) in [6.45, 7) is 6.80. The highest BCUT2D eigenvalue weighted by molar-refractivity contribution is 5.71. The van der Waals surface area contributed by atoms with E-state index in [2.05, 4.69) is 0 Å². The molecule has 362 valence electrons. The Hall–Kier alpha value is -3.40. The minimum Gasteiger partial charge on any atom is -0.481 e. The Kier molecular flexibility index (Phi) is 23.4. The van der Waals surface area contributed by atoms with Gasteiger partial charge in [-0.1, -0.05) is 98.9 Å². The maximum absolute atomic E-state index is 12.6. The largest absolute Gasteiger partial charge is 0.481 e. The molecule has 17 nitrogen and oxygen atoms in total. The van der Waals surface area contributed by atoms with E-state index in [0.717, 1.165) is 0 Å². The van der Waals surface area contributed by atoms with Gasteiger partial charge >= 0.3 is 11.9 Å². The van der Waals surface area contributed by atoms with Crippen LogP contribution in [0.25, 0.3) is 0 Å². The number of carbonyl (C=O) groups is 2. The van der Waals surface area contributed by atoms with E-state index in [-0.39, 0.29) is 44.4 Å². The summed E-state index contributed by atoms with van der Waals surface area (Å²) in [5, 5.41) is 107. The smallest absolute Gasteiger partial charge is 0.309 e. The standard InChI is InChI=1S/C47H73NO16/c1-28-17-15-13-11-9-7-5-6-8-10-12-14-16-18-35(63-46-44(57)41(48)43(56)31(4)62-46)26-39-36(45(58)59)21-22-47(60,64-39)27-34(51)24-38(53)37(52)20-19-32(49)23-33(50)25-40(54)61-30(3)29(2)42(28)55/h5-18,28-39,41-44,46,49-53,55-57,60H,19-27,48H2,1-4H3,(H,58,59)/b6-5-,9-7-,10-8-,13-11-,14-12-,17-15-,18-16-/t28-,29-,30-,31?,32+,33+,34-,35-,36?,37+,38+,39-,41?,42+,43?,44?,46?,47-/m0/s1. The first-order valence-electron chi connectivity index (χ1n) is 22.2. The van der Waals surface area contributed by atoms with Crippen LogP contribution in [0, 0.1) is 17.8 Å². The topological polar surface area (TPSA) is 299 Å². The number of nitrogens with two attached hydrogens (primary N) is 1. The number of aliphatic hydroxyl groups excluding tert-OH is 8. The lowest BCUT2D eigenvalue weighted by Crippen LogP contribution is -2.61. The molecule has 0 aliphatic carbocycles. The van der Waals surface area contributed by atoms with Gasteiger partial charge in [0.2, 0.25) is 0 Å². The zero-order valence-electron chi connectivity index (χ0n) is 37.3. The number of esters is 1. The molecule has 0 aromatic rings. The van der Waals surface area contributed by atoms with Gasteiger partial charge in [0, 0.05) is 37.5 Å². The van der Waals surface area contributed by atoms with Gasteiger partial charge in [-0.05, 0) is 39.5 Å². The van der Waals surface area contributed by atoms with Gasteiger partial charge in [0.15, 0.2) is 12.1 Å². The Morgan fingerprint density at radius 1 is 0.688 bits per heavy atom. The van der Waals surface area contributed by atoms with Gasteiger partial charge in [0.25, 0.3) is 0 Å². The van der Waals surface area contributed by atoms with Crippen LogP contribution < -0.4 is 5.73 Å². The van der Waals surface area contributed by atoms with E-state index >= 15 is 0 Å². The number of carbonyl (C=O) groups excluding carboxylic acids is 1. The van der Waals surface area contributed by atoms with Crippen molar-refractivity contribution in [2.45, 2.75) is 177 Å². The van der Waals surface area contributed by atoms with Crippen LogP contribution in [0.1, 0.15) is 85.5 Å². The van der Waals surface area contributed by atoms with Crippen LogP contribution in [0.2, 0.25) is 0 Å². The number of rotatable bonds is 3. The number of aliphatic carboxylic acids is 1. The molecule has 12 N–H and O–H groups in total. The molecule has 2 bridgehead atoms. The number of ether oxygens (including phenoxy) is 4. The Labute approximate surface area is 376 Å². The van der Waals surface area contributed by atoms with Crippen molar-refractivity contribution < 1.29 is 79.6 Å². The van der Waals surface area contributed by atoms with Crippen molar-refractivity contribution in [3.63, 3.8) is 0 Å². The molecule has 3 aliphatic rings. The van der Waals surface area contributed by atoms with Crippen LogP contribution in [0.5, 0.6) is 0 Å². The number of carboxylic acid groups (broad SMARTS) is 1. The van der Waals surface area contributed by atoms with Crippen molar-refractivity contribution in [3.05, 3.63) is 85.1 Å². The average molecular weight is 908 g/mol. The second kappa shape index (κ2) is 27.3. The summed E-state index contributed by atoms with van der Waals surface area (Å²) in [4.78, 5) is 25.0. The van der Waals surface area contributed by atoms with Gasteiger partial charge in [-0.3, -0.25) is 9.59 Å². The number of cyclic esters (lactones) is 1. The van der Waals surface area contributed by atoms with E-state index in [4.69, 9.17) is 24.7 Å². The van der Waals surface area contributed by atoms with Crippen LogP contribution in [-0.2, 0) is 28.5 Å². The Bertz CT molecular complexity index is 1630. The van der Waals surface area contributed by atoms with E-state index in [1.54, 1.807) is 69.4 Å². The fourth-order valence-electron chi connectivity index (χ4n) is 7.85. The quantitative estimate of drug-likeness (QED) is 0.180. The first-order chi connectivity index (χ1) is 30.2. The van der Waals surface area contributed by atoms with Crippen LogP contribution in [0.15, 0.2) is 85.1 Å². The minimum absolute atomic E-state index is 0.0514. The monoisotopic (exact) mass is 907 g/mol. The first-order valence-corrected chi connectivity index (χ1v) is 22.2. The third kappa shape index (κ3) is 18.5. The lowest BCUT2D eigenvalue weighted by Gasteiger charge is -2.43. The molecule has 2 saturated heterocycles. The molecule has 0 aromatic carbocycles. The molecule has 3 rings (SSSR count). The number of carboxylic acids is 1. The van der Waals surface area contributed by atoms with E-state index in [9.17, 15) is 60.7 Å². The van der Waals surface area contributed by atoms with Gasteiger partial charge in [-0.15, -0.1) is 0 Å². The fraction of sp³-hybridized carbons (Fsp3) is 0.660. The second-order valence-corrected chi connectivity index (χ2v) is 17.4. The van der Waals surface area contributed by atoms with Gasteiger partial charge in [0.05, 0.1) is 79.4 Å². The van der Waals surface area contributed by atoms with Gasteiger partial charge < -0.3 is 75.7 Å². The summed E-state index contributed by atoms with van der Waals surface area (Å²) >= 11 is 0. The van der Waals surface area contributed by atoms with Crippen LogP contribution in [0.3, 0.4) is 0 Å². The van der Waals surface area contributed by atoms with Gasteiger partial charge in [-0.2, -0.15) is 0 Å². The molecule has 3 heterocycles. The van der Waals surface area contributed by atoms with E-state index < -0.39 is 134 Å². The lowest BCUT2D eigenvalue weighted by molar-refractivity contribution is -0.295. The number of fused-ring (bicyclic) bond motifs is 2. The number of allylic oxidation sites excluding steroid dienone is 12. The van der Waals surface area contributed by atoms with Crippen molar-refractivity contribution in [2.24, 2.45) is 23.5 Å². The highest BCUT2D eigenvalue weighted by Gasteiger charge is 2.47. The predicted octanol–water partition coefficient (Wildman–Crippen LogP) is 1.74. The van der Waals surface area contributed by atoms with E-state index in [1.807, 2.05) is 43.4 Å². The summed E-state index contributed by atoms with van der Waals surface area (Å²) in [6.07, 6.45) is 7.42. The molecule has 0 radical (unpaired) electrons. The normalized spacial score (nSPS) is 44.8. The molecule has 0 aromatic heterocycles. The molecule has 0 spiro atoms. The molecule has 0 amide bonds. The predicted molar refractivity (Wildman–Crippen MR) is 236 cm³/mol. The summed E-state index contributed by atoms with van der Waals surface area (Å²) in [6, 6.07) is -1.10. The van der Waals surface area contributed by atoms with Crippen molar-refractivity contribution >= 4 is 11.9 Å². The second-order valence-electron chi connectivity index (χ2n) is 17.4.